The van der Waals surface area contributed by atoms with E-state index in [-0.39, 0.29) is 5.92 Å². The molecule has 2 aromatic rings. The van der Waals surface area contributed by atoms with Gasteiger partial charge in [-0.1, -0.05) is 37.3 Å². The van der Waals surface area contributed by atoms with Crippen LogP contribution in [-0.4, -0.2) is 5.78 Å². The van der Waals surface area contributed by atoms with E-state index in [0.717, 1.165) is 18.4 Å². The van der Waals surface area contributed by atoms with E-state index < -0.39 is 0 Å². The van der Waals surface area contributed by atoms with Gasteiger partial charge in [-0.25, -0.2) is 0 Å². The third-order valence-corrected chi connectivity index (χ3v) is 3.97. The molecule has 0 saturated heterocycles. The fourth-order valence-electron chi connectivity index (χ4n) is 2.21. The Kier molecular flexibility index (Phi) is 4.71. The Bertz CT molecular complexity index is 473. The molecule has 1 nitrogen and oxygen atoms in total. The standard InChI is InChI=1S/C16H18OS/c1-2-15(14-6-4-3-5-7-14)16(17)9-8-13-10-11-18-12-13/h3-7,10-12,15H,2,8-9H2,1H3. The Morgan fingerprint density at radius 3 is 2.61 bits per heavy atom. The molecule has 0 spiro atoms. The molecule has 2 heteroatoms. The topological polar surface area (TPSA) is 17.1 Å². The first-order valence-corrected chi connectivity index (χ1v) is 7.34. The van der Waals surface area contributed by atoms with Crippen molar-refractivity contribution < 1.29 is 4.79 Å². The van der Waals surface area contributed by atoms with E-state index in [0.29, 0.717) is 12.2 Å². The second kappa shape index (κ2) is 6.50. The highest BCUT2D eigenvalue weighted by Crippen LogP contribution is 2.22. The van der Waals surface area contributed by atoms with Crippen molar-refractivity contribution in [1.29, 1.82) is 0 Å². The van der Waals surface area contributed by atoms with E-state index >= 15 is 0 Å². The number of rotatable bonds is 6. The number of aryl methyl sites for hydroxylation is 1. The van der Waals surface area contributed by atoms with E-state index in [1.807, 2.05) is 18.2 Å². The van der Waals surface area contributed by atoms with Crippen LogP contribution < -0.4 is 0 Å². The Morgan fingerprint density at radius 1 is 1.22 bits per heavy atom. The first kappa shape index (κ1) is 13.0. The van der Waals surface area contributed by atoms with E-state index in [4.69, 9.17) is 0 Å². The maximum atomic E-state index is 12.3. The van der Waals surface area contributed by atoms with Crippen LogP contribution in [0.15, 0.2) is 47.2 Å². The molecule has 0 N–H and O–H groups in total. The van der Waals surface area contributed by atoms with Crippen LogP contribution in [0.1, 0.15) is 36.8 Å². The minimum Gasteiger partial charge on any atom is -0.299 e. The van der Waals surface area contributed by atoms with Gasteiger partial charge in [-0.2, -0.15) is 11.3 Å². The quantitative estimate of drug-likeness (QED) is 0.748. The van der Waals surface area contributed by atoms with Gasteiger partial charge in [0.1, 0.15) is 5.78 Å². The molecule has 0 aliphatic heterocycles. The van der Waals surface area contributed by atoms with Gasteiger partial charge in [0, 0.05) is 12.3 Å². The molecule has 0 saturated carbocycles. The zero-order valence-corrected chi connectivity index (χ0v) is 11.5. The Morgan fingerprint density at radius 2 is 2.00 bits per heavy atom. The summed E-state index contributed by atoms with van der Waals surface area (Å²) in [7, 11) is 0. The van der Waals surface area contributed by atoms with Gasteiger partial charge in [-0.05, 0) is 40.8 Å². The largest absolute Gasteiger partial charge is 0.299 e. The van der Waals surface area contributed by atoms with Crippen molar-refractivity contribution in [1.82, 2.24) is 0 Å². The lowest BCUT2D eigenvalue weighted by molar-refractivity contribution is -0.120. The van der Waals surface area contributed by atoms with Crippen molar-refractivity contribution in [2.75, 3.05) is 0 Å². The fraction of sp³-hybridized carbons (Fsp3) is 0.312. The minimum atomic E-state index is 0.0600. The van der Waals surface area contributed by atoms with E-state index in [1.54, 1.807) is 11.3 Å². The Hall–Kier alpha value is -1.41. The van der Waals surface area contributed by atoms with Gasteiger partial charge in [-0.3, -0.25) is 4.79 Å². The van der Waals surface area contributed by atoms with Gasteiger partial charge < -0.3 is 0 Å². The van der Waals surface area contributed by atoms with Gasteiger partial charge in [0.25, 0.3) is 0 Å². The number of carbonyl (C=O) groups excluding carboxylic acids is 1. The van der Waals surface area contributed by atoms with Gasteiger partial charge >= 0.3 is 0 Å². The molecule has 0 radical (unpaired) electrons. The molecule has 0 aliphatic rings. The summed E-state index contributed by atoms with van der Waals surface area (Å²) in [5.74, 6) is 0.416. The third-order valence-electron chi connectivity index (χ3n) is 3.24. The molecule has 18 heavy (non-hydrogen) atoms. The van der Waals surface area contributed by atoms with Gasteiger partial charge in [0.15, 0.2) is 0 Å². The summed E-state index contributed by atoms with van der Waals surface area (Å²) < 4.78 is 0. The first-order valence-electron chi connectivity index (χ1n) is 6.40. The van der Waals surface area contributed by atoms with Crippen molar-refractivity contribution in [3.8, 4) is 0 Å². The van der Waals surface area contributed by atoms with Crippen LogP contribution in [-0.2, 0) is 11.2 Å². The number of hydrogen-bond donors (Lipinski definition) is 0. The molecule has 1 aromatic heterocycles. The summed E-state index contributed by atoms with van der Waals surface area (Å²) in [6.45, 7) is 2.08. The monoisotopic (exact) mass is 258 g/mol. The predicted octanol–water partition coefficient (Wildman–Crippen LogP) is 4.44. The van der Waals surface area contributed by atoms with Crippen LogP contribution in [0.5, 0.6) is 0 Å². The van der Waals surface area contributed by atoms with Crippen molar-refractivity contribution in [2.24, 2.45) is 0 Å². The molecule has 1 unspecified atom stereocenters. The van der Waals surface area contributed by atoms with Crippen LogP contribution in [0.3, 0.4) is 0 Å². The summed E-state index contributed by atoms with van der Waals surface area (Å²) in [6, 6.07) is 12.2. The van der Waals surface area contributed by atoms with Crippen LogP contribution in [0.2, 0.25) is 0 Å². The summed E-state index contributed by atoms with van der Waals surface area (Å²) >= 11 is 1.69. The summed E-state index contributed by atoms with van der Waals surface area (Å²) in [6.07, 6.45) is 2.39. The van der Waals surface area contributed by atoms with E-state index in [9.17, 15) is 4.79 Å². The number of Topliss-reactive ketones (excluding diaryl/α,β-unsaturated/α-hetero) is 1. The average molecular weight is 258 g/mol. The number of ketones is 1. The SMILES string of the molecule is CCC(C(=O)CCc1ccsc1)c1ccccc1. The minimum absolute atomic E-state index is 0.0600. The average Bonchev–Trinajstić information content (AvgIpc) is 2.92. The number of thiophene rings is 1. The maximum Gasteiger partial charge on any atom is 0.140 e. The maximum absolute atomic E-state index is 12.3. The number of carbonyl (C=O) groups is 1. The molecule has 0 bridgehead atoms. The Balaban J connectivity index is 1.98. The molecule has 2 rings (SSSR count). The van der Waals surface area contributed by atoms with Gasteiger partial charge in [0.05, 0.1) is 0 Å². The number of hydrogen-bond acceptors (Lipinski definition) is 2. The second-order valence-electron chi connectivity index (χ2n) is 4.47. The third kappa shape index (κ3) is 3.30. The molecule has 1 atom stereocenters. The van der Waals surface area contributed by atoms with Gasteiger partial charge in [-0.15, -0.1) is 0 Å². The van der Waals surface area contributed by atoms with E-state index in [1.165, 1.54) is 5.56 Å². The molecule has 1 aromatic carbocycles. The molecule has 94 valence electrons. The van der Waals surface area contributed by atoms with Crippen LogP contribution in [0, 0.1) is 0 Å². The highest BCUT2D eigenvalue weighted by Gasteiger charge is 2.17. The molecule has 0 amide bonds. The summed E-state index contributed by atoms with van der Waals surface area (Å²) in [5.41, 5.74) is 2.42. The molecular weight excluding hydrogens is 240 g/mol. The second-order valence-corrected chi connectivity index (χ2v) is 5.25. The zero-order valence-electron chi connectivity index (χ0n) is 10.6. The Labute approximate surface area is 112 Å². The summed E-state index contributed by atoms with van der Waals surface area (Å²) in [5, 5.41) is 4.19. The molecule has 0 aliphatic carbocycles. The highest BCUT2D eigenvalue weighted by atomic mass is 32.1. The summed E-state index contributed by atoms with van der Waals surface area (Å²) in [4.78, 5) is 12.3. The number of benzene rings is 1. The fourth-order valence-corrected chi connectivity index (χ4v) is 2.91. The lowest BCUT2D eigenvalue weighted by atomic mass is 9.89. The van der Waals surface area contributed by atoms with Crippen LogP contribution in [0.4, 0.5) is 0 Å². The first-order chi connectivity index (χ1) is 8.81. The normalized spacial score (nSPS) is 12.3. The molecular formula is C16H18OS. The molecule has 0 fully saturated rings. The zero-order chi connectivity index (χ0) is 12.8. The highest BCUT2D eigenvalue weighted by molar-refractivity contribution is 7.07. The van der Waals surface area contributed by atoms with Crippen LogP contribution in [0.25, 0.3) is 0 Å². The molecule has 1 heterocycles. The van der Waals surface area contributed by atoms with E-state index in [2.05, 4.69) is 35.9 Å². The van der Waals surface area contributed by atoms with Crippen molar-refractivity contribution in [3.63, 3.8) is 0 Å². The predicted molar refractivity (Wildman–Crippen MR) is 77.1 cm³/mol. The van der Waals surface area contributed by atoms with Crippen molar-refractivity contribution in [3.05, 3.63) is 58.3 Å². The van der Waals surface area contributed by atoms with Crippen molar-refractivity contribution >= 4 is 17.1 Å². The van der Waals surface area contributed by atoms with Crippen LogP contribution >= 0.6 is 11.3 Å². The van der Waals surface area contributed by atoms with Gasteiger partial charge in [0.2, 0.25) is 0 Å². The smallest absolute Gasteiger partial charge is 0.140 e. The lowest BCUT2D eigenvalue weighted by Gasteiger charge is -2.13. The lowest BCUT2D eigenvalue weighted by Crippen LogP contribution is -2.12. The van der Waals surface area contributed by atoms with Crippen molar-refractivity contribution in [2.45, 2.75) is 32.1 Å².